The normalized spacial score (nSPS) is 25.6. The molecule has 120 valence electrons. The van der Waals surface area contributed by atoms with E-state index in [4.69, 9.17) is 0 Å². The van der Waals surface area contributed by atoms with Crippen molar-refractivity contribution in [3.8, 4) is 0 Å². The van der Waals surface area contributed by atoms with Crippen LogP contribution < -0.4 is 10.9 Å². The van der Waals surface area contributed by atoms with Gasteiger partial charge in [0.25, 0.3) is 11.5 Å². The van der Waals surface area contributed by atoms with Gasteiger partial charge in [-0.15, -0.1) is 0 Å². The third kappa shape index (κ3) is 3.09. The van der Waals surface area contributed by atoms with Crippen LogP contribution in [0.25, 0.3) is 0 Å². The average molecular weight is 303 g/mol. The molecule has 1 aromatic rings. The van der Waals surface area contributed by atoms with Crippen molar-refractivity contribution in [1.29, 1.82) is 0 Å². The van der Waals surface area contributed by atoms with Crippen molar-refractivity contribution >= 4 is 5.91 Å². The topological polar surface area (TPSA) is 65.2 Å². The van der Waals surface area contributed by atoms with Gasteiger partial charge in [0.2, 0.25) is 0 Å². The maximum atomic E-state index is 12.4. The lowest BCUT2D eigenvalue weighted by atomic mass is 10.1. The lowest BCUT2D eigenvalue weighted by Gasteiger charge is -2.20. The predicted molar refractivity (Wildman–Crippen MR) is 86.2 cm³/mol. The maximum Gasteiger partial charge on any atom is 0.268 e. The number of aromatic nitrogens is 1. The van der Waals surface area contributed by atoms with E-state index >= 15 is 0 Å². The summed E-state index contributed by atoms with van der Waals surface area (Å²) in [6.45, 7) is 8.37. The molecular weight excluding hydrogens is 278 g/mol. The molecule has 0 aromatic carbocycles. The molecule has 0 unspecified atom stereocenters. The van der Waals surface area contributed by atoms with Crippen LogP contribution in [-0.4, -0.2) is 41.0 Å². The largest absolute Gasteiger partial charge is 0.346 e. The number of H-pyrrole nitrogens is 1. The van der Waals surface area contributed by atoms with E-state index in [0.29, 0.717) is 23.6 Å². The van der Waals surface area contributed by atoms with Crippen molar-refractivity contribution in [3.63, 3.8) is 0 Å². The van der Waals surface area contributed by atoms with Gasteiger partial charge in [-0.05, 0) is 44.6 Å². The van der Waals surface area contributed by atoms with E-state index in [0.717, 1.165) is 31.5 Å². The first kappa shape index (κ1) is 15.3. The Labute approximate surface area is 131 Å². The van der Waals surface area contributed by atoms with Gasteiger partial charge in [-0.1, -0.05) is 13.0 Å². The summed E-state index contributed by atoms with van der Waals surface area (Å²) >= 11 is 0. The molecule has 1 aliphatic heterocycles. The number of aromatic amines is 1. The predicted octanol–water partition coefficient (Wildman–Crippen LogP) is 1.71. The highest BCUT2D eigenvalue weighted by Gasteiger charge is 2.32. The highest BCUT2D eigenvalue weighted by Crippen LogP contribution is 2.38. The number of carbonyl (C=O) groups is 1. The Hall–Kier alpha value is -1.62. The third-order valence-corrected chi connectivity index (χ3v) is 4.89. The van der Waals surface area contributed by atoms with Crippen LogP contribution in [0, 0.1) is 5.92 Å². The molecule has 5 nitrogen and oxygen atoms in total. The van der Waals surface area contributed by atoms with Gasteiger partial charge in [0.15, 0.2) is 0 Å². The number of carbonyl (C=O) groups excluding carboxylic acids is 1. The Morgan fingerprint density at radius 3 is 2.59 bits per heavy atom. The first-order valence-corrected chi connectivity index (χ1v) is 8.24. The molecule has 1 saturated carbocycles. The van der Waals surface area contributed by atoms with Gasteiger partial charge in [0.05, 0.1) is 0 Å². The zero-order chi connectivity index (χ0) is 15.9. The smallest absolute Gasteiger partial charge is 0.268 e. The number of hydrogen-bond donors (Lipinski definition) is 2. The van der Waals surface area contributed by atoms with Crippen molar-refractivity contribution in [2.24, 2.45) is 5.92 Å². The number of rotatable bonds is 4. The van der Waals surface area contributed by atoms with E-state index in [1.165, 1.54) is 0 Å². The van der Waals surface area contributed by atoms with E-state index in [1.54, 1.807) is 6.07 Å². The van der Waals surface area contributed by atoms with Gasteiger partial charge < -0.3 is 10.3 Å². The minimum absolute atomic E-state index is 0.113. The van der Waals surface area contributed by atoms with Crippen molar-refractivity contribution < 1.29 is 4.79 Å². The first-order valence-electron chi connectivity index (χ1n) is 8.24. The second-order valence-electron chi connectivity index (χ2n) is 7.04. The molecule has 2 aliphatic rings. The SMILES string of the molecule is CC(C)N1C[C@H](NC(=O)c2ccc(C3CC3)c(=O)[nH]2)[C@@H](C)C1. The van der Waals surface area contributed by atoms with Crippen LogP contribution in [0.3, 0.4) is 0 Å². The summed E-state index contributed by atoms with van der Waals surface area (Å²) in [6.07, 6.45) is 2.17. The second-order valence-corrected chi connectivity index (χ2v) is 7.04. The number of pyridine rings is 1. The Kier molecular flexibility index (Phi) is 4.08. The van der Waals surface area contributed by atoms with Crippen LogP contribution in [-0.2, 0) is 0 Å². The highest BCUT2D eigenvalue weighted by molar-refractivity contribution is 5.92. The lowest BCUT2D eigenvalue weighted by molar-refractivity contribution is 0.0925. The summed E-state index contributed by atoms with van der Waals surface area (Å²) in [6, 6.07) is 4.18. The van der Waals surface area contributed by atoms with Gasteiger partial charge in [0.1, 0.15) is 5.69 Å². The molecule has 1 aliphatic carbocycles. The van der Waals surface area contributed by atoms with Gasteiger partial charge >= 0.3 is 0 Å². The van der Waals surface area contributed by atoms with E-state index in [1.807, 2.05) is 6.07 Å². The van der Waals surface area contributed by atoms with Crippen LogP contribution in [0.5, 0.6) is 0 Å². The fourth-order valence-electron chi connectivity index (χ4n) is 3.19. The number of likely N-dealkylation sites (tertiary alicyclic amines) is 1. The zero-order valence-electron chi connectivity index (χ0n) is 13.6. The summed E-state index contributed by atoms with van der Waals surface area (Å²) in [5.41, 5.74) is 1.07. The van der Waals surface area contributed by atoms with E-state index in [2.05, 4.69) is 36.0 Å². The quantitative estimate of drug-likeness (QED) is 0.890. The number of amides is 1. The number of nitrogens with one attached hydrogen (secondary N) is 2. The van der Waals surface area contributed by atoms with E-state index in [-0.39, 0.29) is 17.5 Å². The molecule has 0 radical (unpaired) electrons. The van der Waals surface area contributed by atoms with Crippen molar-refractivity contribution in [2.75, 3.05) is 13.1 Å². The van der Waals surface area contributed by atoms with Gasteiger partial charge in [-0.25, -0.2) is 0 Å². The van der Waals surface area contributed by atoms with Crippen LogP contribution >= 0.6 is 0 Å². The molecule has 0 spiro atoms. The molecule has 2 fully saturated rings. The standard InChI is InChI=1S/C17H25N3O2/c1-10(2)20-8-11(3)15(9-20)19-17(22)14-7-6-13(12-4-5-12)16(21)18-14/h6-7,10-12,15H,4-5,8-9H2,1-3H3,(H,18,21)(H,19,22)/t11-,15-/m0/s1. The Balaban J connectivity index is 1.67. The maximum absolute atomic E-state index is 12.4. The minimum Gasteiger partial charge on any atom is -0.346 e. The van der Waals surface area contributed by atoms with Crippen molar-refractivity contribution in [1.82, 2.24) is 15.2 Å². The van der Waals surface area contributed by atoms with Crippen molar-refractivity contribution in [2.45, 2.75) is 51.6 Å². The molecular formula is C17H25N3O2. The summed E-state index contributed by atoms with van der Waals surface area (Å²) in [5.74, 6) is 0.640. The van der Waals surface area contributed by atoms with Crippen LogP contribution in [0.15, 0.2) is 16.9 Å². The molecule has 1 amide bonds. The molecule has 2 N–H and O–H groups in total. The molecule has 0 bridgehead atoms. The molecule has 1 saturated heterocycles. The minimum atomic E-state index is -0.179. The summed E-state index contributed by atoms with van der Waals surface area (Å²) in [5, 5.41) is 3.07. The first-order chi connectivity index (χ1) is 10.5. The fraction of sp³-hybridized carbons (Fsp3) is 0.647. The fourth-order valence-corrected chi connectivity index (χ4v) is 3.19. The Morgan fingerprint density at radius 1 is 1.32 bits per heavy atom. The molecule has 2 heterocycles. The second kappa shape index (κ2) is 5.88. The molecule has 22 heavy (non-hydrogen) atoms. The van der Waals surface area contributed by atoms with Gasteiger partial charge in [-0.3, -0.25) is 14.5 Å². The number of hydrogen-bond acceptors (Lipinski definition) is 3. The third-order valence-electron chi connectivity index (χ3n) is 4.89. The van der Waals surface area contributed by atoms with E-state index in [9.17, 15) is 9.59 Å². The summed E-state index contributed by atoms with van der Waals surface area (Å²) < 4.78 is 0. The Bertz CT molecular complexity index is 619. The highest BCUT2D eigenvalue weighted by atomic mass is 16.2. The molecule has 3 rings (SSSR count). The van der Waals surface area contributed by atoms with Crippen LogP contribution in [0.4, 0.5) is 0 Å². The molecule has 5 heteroatoms. The monoisotopic (exact) mass is 303 g/mol. The lowest BCUT2D eigenvalue weighted by Crippen LogP contribution is -2.41. The molecule has 2 atom stereocenters. The van der Waals surface area contributed by atoms with Crippen LogP contribution in [0.1, 0.15) is 55.6 Å². The average Bonchev–Trinajstić information content (AvgIpc) is 3.23. The number of nitrogens with zero attached hydrogens (tertiary/aromatic N) is 1. The summed E-state index contributed by atoms with van der Waals surface area (Å²) in [7, 11) is 0. The van der Waals surface area contributed by atoms with Gasteiger partial charge in [0, 0.05) is 30.7 Å². The van der Waals surface area contributed by atoms with E-state index < -0.39 is 0 Å². The summed E-state index contributed by atoms with van der Waals surface area (Å²) in [4.78, 5) is 29.5. The van der Waals surface area contributed by atoms with Gasteiger partial charge in [-0.2, -0.15) is 0 Å². The Morgan fingerprint density at radius 2 is 2.05 bits per heavy atom. The van der Waals surface area contributed by atoms with Crippen LogP contribution in [0.2, 0.25) is 0 Å². The van der Waals surface area contributed by atoms with Crippen molar-refractivity contribution in [3.05, 3.63) is 33.7 Å². The zero-order valence-corrected chi connectivity index (χ0v) is 13.6. The molecule has 1 aromatic heterocycles.